The number of aliphatic hydroxyl groups excluding tert-OH is 1. The van der Waals surface area contributed by atoms with Crippen molar-refractivity contribution < 1.29 is 40.2 Å². The van der Waals surface area contributed by atoms with E-state index in [1.54, 1.807) is 0 Å². The lowest BCUT2D eigenvalue weighted by atomic mass is 10.1. The first-order valence-corrected chi connectivity index (χ1v) is 8.90. The van der Waals surface area contributed by atoms with Crippen LogP contribution < -0.4 is 4.74 Å². The Morgan fingerprint density at radius 3 is 2.42 bits per heavy atom. The second-order valence-corrected chi connectivity index (χ2v) is 8.33. The van der Waals surface area contributed by atoms with Gasteiger partial charge in [0.2, 0.25) is 0 Å². The fourth-order valence-corrected chi connectivity index (χ4v) is 3.82. The summed E-state index contributed by atoms with van der Waals surface area (Å²) < 4.78 is 95.0. The summed E-state index contributed by atoms with van der Waals surface area (Å²) in [5.41, 5.74) is -7.99. The van der Waals surface area contributed by atoms with Crippen LogP contribution in [-0.2, 0) is 16.3 Å². The van der Waals surface area contributed by atoms with Gasteiger partial charge in [-0.05, 0) is 25.0 Å². The van der Waals surface area contributed by atoms with Gasteiger partial charge in [0.05, 0.1) is 16.4 Å². The summed E-state index contributed by atoms with van der Waals surface area (Å²) in [6.45, 7) is -0.164. The zero-order valence-corrected chi connectivity index (χ0v) is 13.8. The molecule has 26 heavy (non-hydrogen) atoms. The third-order valence-corrected chi connectivity index (χ3v) is 6.09. The standard InChI is InChI=1S/C15H12F5NO4S/c16-14(17)5-8-9(25-7-13(6-21)3-4-13)1-2-10(11(8)12(14)22)26(23,24)15(18,19)20/h1-2,12,22H,3-5,7H2. The molecule has 0 aromatic heterocycles. The van der Waals surface area contributed by atoms with Crippen LogP contribution >= 0.6 is 0 Å². The van der Waals surface area contributed by atoms with E-state index < -0.39 is 55.2 Å². The molecule has 11 heteroatoms. The number of fused-ring (bicyclic) bond motifs is 1. The Morgan fingerprint density at radius 1 is 1.31 bits per heavy atom. The zero-order valence-electron chi connectivity index (χ0n) is 13.0. The largest absolute Gasteiger partial charge is 0.501 e. The van der Waals surface area contributed by atoms with E-state index in [-0.39, 0.29) is 12.4 Å². The summed E-state index contributed by atoms with van der Waals surface area (Å²) in [5, 5.41) is 18.7. The van der Waals surface area contributed by atoms with Crippen molar-refractivity contribution >= 4 is 9.84 Å². The molecule has 142 valence electrons. The highest BCUT2D eigenvalue weighted by molar-refractivity contribution is 7.92. The maximum atomic E-state index is 13.9. The van der Waals surface area contributed by atoms with E-state index in [2.05, 4.69) is 0 Å². The summed E-state index contributed by atoms with van der Waals surface area (Å²) >= 11 is 0. The average Bonchev–Trinajstić information content (AvgIpc) is 3.27. The molecule has 1 fully saturated rings. The molecule has 1 aromatic rings. The van der Waals surface area contributed by atoms with Crippen LogP contribution in [0.25, 0.3) is 0 Å². The number of alkyl halides is 5. The first-order valence-electron chi connectivity index (χ1n) is 7.42. The van der Waals surface area contributed by atoms with Crippen LogP contribution in [0.15, 0.2) is 17.0 Å². The predicted molar refractivity (Wildman–Crippen MR) is 76.1 cm³/mol. The van der Waals surface area contributed by atoms with Crippen molar-refractivity contribution in [1.82, 2.24) is 0 Å². The number of halogens is 5. The van der Waals surface area contributed by atoms with Gasteiger partial charge in [-0.2, -0.15) is 18.4 Å². The van der Waals surface area contributed by atoms with Crippen molar-refractivity contribution in [1.29, 1.82) is 5.26 Å². The van der Waals surface area contributed by atoms with E-state index >= 15 is 0 Å². The van der Waals surface area contributed by atoms with E-state index in [1.807, 2.05) is 6.07 Å². The lowest BCUT2D eigenvalue weighted by Gasteiger charge is -2.18. The van der Waals surface area contributed by atoms with Crippen molar-refractivity contribution in [3.8, 4) is 11.8 Å². The number of rotatable bonds is 4. The number of sulfone groups is 1. The van der Waals surface area contributed by atoms with Crippen molar-refractivity contribution in [2.24, 2.45) is 5.41 Å². The molecule has 1 atom stereocenters. The van der Waals surface area contributed by atoms with Gasteiger partial charge in [-0.15, -0.1) is 0 Å². The van der Waals surface area contributed by atoms with E-state index in [1.165, 1.54) is 0 Å². The minimum atomic E-state index is -5.94. The summed E-state index contributed by atoms with van der Waals surface area (Å²) in [4.78, 5) is -1.42. The topological polar surface area (TPSA) is 87.4 Å². The third-order valence-electron chi connectivity index (χ3n) is 4.55. The second kappa shape index (κ2) is 5.53. The molecular weight excluding hydrogens is 385 g/mol. The van der Waals surface area contributed by atoms with Gasteiger partial charge in [0.25, 0.3) is 15.8 Å². The van der Waals surface area contributed by atoms with Gasteiger partial charge in [0.15, 0.2) is 0 Å². The Balaban J connectivity index is 2.09. The van der Waals surface area contributed by atoms with Crippen LogP contribution in [0.4, 0.5) is 22.0 Å². The first kappa shape index (κ1) is 18.8. The van der Waals surface area contributed by atoms with Crippen LogP contribution in [-0.4, -0.2) is 31.6 Å². The number of nitrogens with zero attached hydrogens (tertiary/aromatic N) is 1. The number of aliphatic hydroxyl groups is 1. The Hall–Kier alpha value is -1.93. The Labute approximate surface area is 144 Å². The fraction of sp³-hybridized carbons (Fsp3) is 0.533. The summed E-state index contributed by atoms with van der Waals surface area (Å²) in [5.74, 6) is -4.11. The van der Waals surface area contributed by atoms with Crippen LogP contribution in [0.5, 0.6) is 5.75 Å². The fourth-order valence-electron chi connectivity index (χ4n) is 2.80. The highest BCUT2D eigenvalue weighted by Gasteiger charge is 2.55. The SMILES string of the molecule is N#CC1(COc2ccc(S(=O)(=O)C(F)(F)F)c3c2CC(F)(F)C3O)CC1. The van der Waals surface area contributed by atoms with Crippen LogP contribution in [0.2, 0.25) is 0 Å². The minimum absolute atomic E-state index is 0.164. The van der Waals surface area contributed by atoms with Crippen LogP contribution in [0, 0.1) is 16.7 Å². The smallest absolute Gasteiger partial charge is 0.492 e. The number of hydrogen-bond acceptors (Lipinski definition) is 5. The predicted octanol–water partition coefficient (Wildman–Crippen LogP) is 2.89. The summed E-state index contributed by atoms with van der Waals surface area (Å²) in [6.07, 6.45) is -2.81. The minimum Gasteiger partial charge on any atom is -0.492 e. The highest BCUT2D eigenvalue weighted by atomic mass is 32.2. The maximum Gasteiger partial charge on any atom is 0.501 e. The molecule has 0 radical (unpaired) electrons. The van der Waals surface area contributed by atoms with Crippen LogP contribution in [0.1, 0.15) is 30.1 Å². The van der Waals surface area contributed by atoms with Crippen molar-refractivity contribution in [3.05, 3.63) is 23.3 Å². The Kier molecular flexibility index (Phi) is 4.01. The molecule has 0 heterocycles. The number of hydrogen-bond donors (Lipinski definition) is 1. The zero-order chi connectivity index (χ0) is 19.5. The number of nitriles is 1. The molecule has 5 nitrogen and oxygen atoms in total. The maximum absolute atomic E-state index is 13.9. The Morgan fingerprint density at radius 2 is 1.92 bits per heavy atom. The van der Waals surface area contributed by atoms with Gasteiger partial charge < -0.3 is 9.84 Å². The van der Waals surface area contributed by atoms with Gasteiger partial charge in [0.1, 0.15) is 18.5 Å². The van der Waals surface area contributed by atoms with Gasteiger partial charge in [0, 0.05) is 17.5 Å². The molecule has 3 rings (SSSR count). The summed E-state index contributed by atoms with van der Waals surface area (Å²) in [6, 6.07) is 3.34. The molecule has 0 saturated heterocycles. The lowest BCUT2D eigenvalue weighted by Crippen LogP contribution is -2.26. The van der Waals surface area contributed by atoms with E-state index in [4.69, 9.17) is 10.00 Å². The van der Waals surface area contributed by atoms with Crippen LogP contribution in [0.3, 0.4) is 0 Å². The second-order valence-electron chi connectivity index (χ2n) is 6.42. The number of benzene rings is 1. The molecule has 1 unspecified atom stereocenters. The average molecular weight is 397 g/mol. The quantitative estimate of drug-likeness (QED) is 0.790. The lowest BCUT2D eigenvalue weighted by molar-refractivity contribution is -0.0978. The molecule has 0 amide bonds. The van der Waals surface area contributed by atoms with E-state index in [9.17, 15) is 35.5 Å². The molecule has 1 N–H and O–H groups in total. The molecule has 1 aromatic carbocycles. The molecule has 0 bridgehead atoms. The van der Waals surface area contributed by atoms with Crippen molar-refractivity contribution in [3.63, 3.8) is 0 Å². The molecule has 0 spiro atoms. The normalized spacial score (nSPS) is 23.2. The first-order chi connectivity index (χ1) is 11.8. The van der Waals surface area contributed by atoms with Gasteiger partial charge in [-0.25, -0.2) is 17.2 Å². The van der Waals surface area contributed by atoms with Crippen molar-refractivity contribution in [2.45, 2.75) is 41.7 Å². The van der Waals surface area contributed by atoms with Gasteiger partial charge in [-0.3, -0.25) is 0 Å². The van der Waals surface area contributed by atoms with E-state index in [0.29, 0.717) is 18.9 Å². The molecule has 2 aliphatic rings. The van der Waals surface area contributed by atoms with Crippen molar-refractivity contribution in [2.75, 3.05) is 6.61 Å². The number of ether oxygens (including phenoxy) is 1. The third kappa shape index (κ3) is 2.81. The van der Waals surface area contributed by atoms with Gasteiger partial charge >= 0.3 is 5.51 Å². The highest BCUT2D eigenvalue weighted by Crippen LogP contribution is 2.51. The monoisotopic (exact) mass is 397 g/mol. The Bertz CT molecular complexity index is 900. The molecule has 2 aliphatic carbocycles. The summed E-state index contributed by atoms with van der Waals surface area (Å²) in [7, 11) is -5.94. The molecule has 0 aliphatic heterocycles. The van der Waals surface area contributed by atoms with E-state index in [0.717, 1.165) is 6.07 Å². The molecular formula is C15H12F5NO4S. The molecule has 1 saturated carbocycles. The van der Waals surface area contributed by atoms with Gasteiger partial charge in [-0.1, -0.05) is 0 Å².